The van der Waals surface area contributed by atoms with Crippen molar-refractivity contribution in [1.82, 2.24) is 24.6 Å². The fourth-order valence-corrected chi connectivity index (χ4v) is 3.80. The number of hydrogen-bond acceptors (Lipinski definition) is 6. The van der Waals surface area contributed by atoms with Crippen LogP contribution in [0.1, 0.15) is 34.3 Å². The van der Waals surface area contributed by atoms with E-state index in [1.165, 1.54) is 11.1 Å². The molecule has 0 unspecified atom stereocenters. The van der Waals surface area contributed by atoms with Crippen LogP contribution in [0.3, 0.4) is 0 Å². The SMILES string of the molecule is Nc1nn2cccnc2c1-c1cc(N[C@H]2CCCc3ccccc32)ncn1.[HH].[HH].[HH]. The molecule has 4 aromatic rings. The maximum absolute atomic E-state index is 6.13. The van der Waals surface area contributed by atoms with Crippen LogP contribution in [0, 0.1) is 0 Å². The summed E-state index contributed by atoms with van der Waals surface area (Å²) in [5.41, 5.74) is 11.0. The van der Waals surface area contributed by atoms with E-state index >= 15 is 0 Å². The predicted octanol–water partition coefficient (Wildman–Crippen LogP) is 4.00. The molecule has 3 aromatic heterocycles. The first-order valence-electron chi connectivity index (χ1n) is 9.05. The second-order valence-electron chi connectivity index (χ2n) is 6.72. The summed E-state index contributed by atoms with van der Waals surface area (Å²) in [6.45, 7) is 0. The highest BCUT2D eigenvalue weighted by molar-refractivity contribution is 5.84. The first-order chi connectivity index (χ1) is 13.3. The third-order valence-electron chi connectivity index (χ3n) is 5.04. The lowest BCUT2D eigenvalue weighted by Crippen LogP contribution is -2.17. The van der Waals surface area contributed by atoms with Gasteiger partial charge >= 0.3 is 0 Å². The molecule has 7 nitrogen and oxygen atoms in total. The average molecular weight is 363 g/mol. The molecule has 1 aliphatic rings. The maximum Gasteiger partial charge on any atom is 0.166 e. The Labute approximate surface area is 160 Å². The number of nitrogen functional groups attached to an aromatic ring is 1. The molecule has 0 bridgehead atoms. The number of rotatable bonds is 3. The highest BCUT2D eigenvalue weighted by Gasteiger charge is 2.21. The van der Waals surface area contributed by atoms with Gasteiger partial charge in [0.1, 0.15) is 12.1 Å². The summed E-state index contributed by atoms with van der Waals surface area (Å²) in [6.07, 6.45) is 8.47. The van der Waals surface area contributed by atoms with E-state index in [4.69, 9.17) is 5.73 Å². The van der Waals surface area contributed by atoms with E-state index < -0.39 is 0 Å². The molecule has 3 N–H and O–H groups in total. The summed E-state index contributed by atoms with van der Waals surface area (Å²) in [4.78, 5) is 13.2. The molecular weight excluding hydrogens is 338 g/mol. The van der Waals surface area contributed by atoms with Crippen molar-refractivity contribution in [2.75, 3.05) is 11.1 Å². The molecule has 1 atom stereocenters. The highest BCUT2D eigenvalue weighted by atomic mass is 15.3. The minimum atomic E-state index is 0. The van der Waals surface area contributed by atoms with Gasteiger partial charge in [0.2, 0.25) is 0 Å². The molecule has 5 rings (SSSR count). The summed E-state index contributed by atoms with van der Waals surface area (Å²) in [6, 6.07) is 12.6. The van der Waals surface area contributed by atoms with Crippen molar-refractivity contribution in [3.8, 4) is 11.3 Å². The van der Waals surface area contributed by atoms with Crippen LogP contribution < -0.4 is 11.1 Å². The second kappa shape index (κ2) is 6.35. The quantitative estimate of drug-likeness (QED) is 0.571. The number of aryl methyl sites for hydroxylation is 1. The van der Waals surface area contributed by atoms with Crippen molar-refractivity contribution in [2.45, 2.75) is 25.3 Å². The smallest absolute Gasteiger partial charge is 0.166 e. The van der Waals surface area contributed by atoms with E-state index in [9.17, 15) is 0 Å². The summed E-state index contributed by atoms with van der Waals surface area (Å²) >= 11 is 0. The van der Waals surface area contributed by atoms with Gasteiger partial charge in [-0.3, -0.25) is 0 Å². The average Bonchev–Trinajstić information content (AvgIpc) is 3.04. The molecule has 27 heavy (non-hydrogen) atoms. The normalized spacial score (nSPS) is 16.2. The Kier molecular flexibility index (Phi) is 3.71. The molecule has 140 valence electrons. The van der Waals surface area contributed by atoms with Crippen molar-refractivity contribution in [2.24, 2.45) is 0 Å². The Balaban J connectivity index is 0.00000107. The minimum Gasteiger partial charge on any atom is -0.382 e. The lowest BCUT2D eigenvalue weighted by Gasteiger charge is -2.26. The van der Waals surface area contributed by atoms with E-state index in [0.717, 1.165) is 30.6 Å². The number of nitrogens with zero attached hydrogens (tertiary/aromatic N) is 5. The zero-order valence-electron chi connectivity index (χ0n) is 14.7. The van der Waals surface area contributed by atoms with E-state index in [1.54, 1.807) is 17.0 Å². The van der Waals surface area contributed by atoms with Gasteiger partial charge in [-0.1, -0.05) is 24.3 Å². The Hall–Kier alpha value is -3.48. The van der Waals surface area contributed by atoms with Gasteiger partial charge in [0.15, 0.2) is 11.5 Å². The summed E-state index contributed by atoms with van der Waals surface area (Å²) in [5.74, 6) is 1.18. The largest absolute Gasteiger partial charge is 0.382 e. The molecule has 0 aliphatic heterocycles. The van der Waals surface area contributed by atoms with Crippen LogP contribution in [0.15, 0.2) is 55.1 Å². The molecule has 1 aromatic carbocycles. The molecule has 1 aliphatic carbocycles. The number of nitrogens with one attached hydrogen (secondary N) is 1. The molecule has 0 radical (unpaired) electrons. The van der Waals surface area contributed by atoms with Crippen LogP contribution in [0.5, 0.6) is 0 Å². The number of hydrogen-bond donors (Lipinski definition) is 2. The predicted molar refractivity (Wildman–Crippen MR) is 111 cm³/mol. The molecule has 0 saturated heterocycles. The van der Waals surface area contributed by atoms with Crippen LogP contribution in [-0.2, 0) is 6.42 Å². The third kappa shape index (κ3) is 2.77. The molecule has 0 fully saturated rings. The second-order valence-corrected chi connectivity index (χ2v) is 6.72. The number of anilines is 2. The molecular formula is C20H25N7. The van der Waals surface area contributed by atoms with Gasteiger partial charge in [-0.15, -0.1) is 5.10 Å². The first-order valence-corrected chi connectivity index (χ1v) is 9.05. The van der Waals surface area contributed by atoms with E-state index in [-0.39, 0.29) is 10.3 Å². The number of benzene rings is 1. The van der Waals surface area contributed by atoms with Crippen molar-refractivity contribution in [3.63, 3.8) is 0 Å². The highest BCUT2D eigenvalue weighted by Crippen LogP contribution is 2.33. The van der Waals surface area contributed by atoms with Crippen LogP contribution in [0.4, 0.5) is 11.6 Å². The van der Waals surface area contributed by atoms with Gasteiger partial charge in [0.25, 0.3) is 0 Å². The lowest BCUT2D eigenvalue weighted by atomic mass is 9.88. The van der Waals surface area contributed by atoms with Gasteiger partial charge in [-0.25, -0.2) is 19.5 Å². The van der Waals surface area contributed by atoms with Crippen molar-refractivity contribution in [1.29, 1.82) is 0 Å². The molecule has 0 saturated carbocycles. The number of nitrogens with two attached hydrogens (primary N) is 1. The van der Waals surface area contributed by atoms with Gasteiger partial charge in [-0.05, 0) is 36.5 Å². The zero-order chi connectivity index (χ0) is 18.2. The minimum absolute atomic E-state index is 0. The van der Waals surface area contributed by atoms with Crippen molar-refractivity contribution < 1.29 is 4.28 Å². The standard InChI is InChI=1S/C20H19N7.3H2/c21-19-18(20-22-9-4-10-27(20)26-19)16-11-17(24-12-23-16)25-15-8-3-6-13-5-1-2-7-14(13)15;;;/h1-2,4-5,7,9-12,15H,3,6,8H2,(H2,21,26)(H,23,24,25);3*1H/t15-;;;/m0.../s1. The summed E-state index contributed by atoms with van der Waals surface area (Å²) in [7, 11) is 0. The Bertz CT molecular complexity index is 1130. The van der Waals surface area contributed by atoms with Gasteiger partial charge in [0, 0.05) is 22.7 Å². The number of fused-ring (bicyclic) bond motifs is 2. The van der Waals surface area contributed by atoms with Gasteiger partial charge in [0.05, 0.1) is 17.3 Å². The third-order valence-corrected chi connectivity index (χ3v) is 5.04. The topological polar surface area (TPSA) is 94.0 Å². The maximum atomic E-state index is 6.13. The molecule has 0 amide bonds. The zero-order valence-corrected chi connectivity index (χ0v) is 14.7. The molecule has 0 spiro atoms. The van der Waals surface area contributed by atoms with Gasteiger partial charge < -0.3 is 11.1 Å². The molecule has 3 heterocycles. The Morgan fingerprint density at radius 2 is 2.07 bits per heavy atom. The fraction of sp³-hybridized carbons (Fsp3) is 0.200. The molecule has 7 heteroatoms. The van der Waals surface area contributed by atoms with Crippen LogP contribution >= 0.6 is 0 Å². The van der Waals surface area contributed by atoms with Crippen LogP contribution in [-0.4, -0.2) is 24.6 Å². The number of aromatic nitrogens is 5. The Morgan fingerprint density at radius 1 is 1.15 bits per heavy atom. The summed E-state index contributed by atoms with van der Waals surface area (Å²) in [5, 5.41) is 7.88. The van der Waals surface area contributed by atoms with E-state index in [1.807, 2.05) is 18.3 Å². The van der Waals surface area contributed by atoms with Crippen molar-refractivity contribution >= 4 is 17.3 Å². The fourth-order valence-electron chi connectivity index (χ4n) is 3.80. The lowest BCUT2D eigenvalue weighted by molar-refractivity contribution is 0.598. The van der Waals surface area contributed by atoms with Gasteiger partial charge in [-0.2, -0.15) is 0 Å². The summed E-state index contributed by atoms with van der Waals surface area (Å²) < 4.78 is 1.66. The van der Waals surface area contributed by atoms with E-state index in [0.29, 0.717) is 17.2 Å². The first kappa shape index (κ1) is 15.7. The van der Waals surface area contributed by atoms with Crippen LogP contribution in [0.2, 0.25) is 0 Å². The van der Waals surface area contributed by atoms with Crippen molar-refractivity contribution in [3.05, 3.63) is 66.2 Å². The Morgan fingerprint density at radius 3 is 3.04 bits per heavy atom. The van der Waals surface area contributed by atoms with E-state index in [2.05, 4.69) is 49.6 Å². The van der Waals surface area contributed by atoms with Crippen LogP contribution in [0.25, 0.3) is 16.9 Å². The monoisotopic (exact) mass is 363 g/mol.